The lowest BCUT2D eigenvalue weighted by atomic mass is 9.80. The van der Waals surface area contributed by atoms with Gasteiger partial charge in [0.2, 0.25) is 0 Å². The van der Waals surface area contributed by atoms with E-state index in [0.29, 0.717) is 5.92 Å². The fraction of sp³-hybridized carbons (Fsp3) is 0.125. The zero-order valence-electron chi connectivity index (χ0n) is 28.8. The van der Waals surface area contributed by atoms with Crippen LogP contribution in [-0.4, -0.2) is 18.9 Å². The third-order valence-corrected chi connectivity index (χ3v) is 11.4. The maximum absolute atomic E-state index is 5.15. The maximum atomic E-state index is 5.15. The van der Waals surface area contributed by atoms with Gasteiger partial charge in [0.1, 0.15) is 11.5 Å². The summed E-state index contributed by atoms with van der Waals surface area (Å²) in [5, 5.41) is 3.71. The second-order valence-electron chi connectivity index (χ2n) is 14.4. The van der Waals surface area contributed by atoms with Crippen LogP contribution in [-0.2, 0) is 0 Å². The van der Waals surface area contributed by atoms with Crippen molar-refractivity contribution in [3.63, 3.8) is 0 Å². The number of imidazole rings is 2. The van der Waals surface area contributed by atoms with E-state index in [2.05, 4.69) is 161 Å². The quantitative estimate of drug-likeness (QED) is 0.175. The van der Waals surface area contributed by atoms with E-state index >= 15 is 0 Å². The van der Waals surface area contributed by atoms with E-state index < -0.39 is 0 Å². The average molecular weight is 669 g/mol. The molecular weight excluding hydrogens is 633 g/mol. The molecule has 0 spiro atoms. The molecule has 3 aromatic heterocycles. The summed E-state index contributed by atoms with van der Waals surface area (Å²) >= 11 is 0. The minimum Gasteiger partial charge on any atom is -0.293 e. The lowest BCUT2D eigenvalue weighted by molar-refractivity contribution is 0.779. The molecule has 248 valence electrons. The Labute approximate surface area is 302 Å². The van der Waals surface area contributed by atoms with Gasteiger partial charge >= 0.3 is 0 Å². The molecule has 0 saturated carbocycles. The Kier molecular flexibility index (Phi) is 6.60. The van der Waals surface area contributed by atoms with Gasteiger partial charge in [0.05, 0.1) is 27.6 Å². The molecule has 0 aliphatic heterocycles. The first kappa shape index (κ1) is 29.5. The van der Waals surface area contributed by atoms with Gasteiger partial charge in [-0.2, -0.15) is 0 Å². The van der Waals surface area contributed by atoms with Gasteiger partial charge in [-0.1, -0.05) is 109 Å². The molecule has 4 heteroatoms. The largest absolute Gasteiger partial charge is 0.293 e. The monoisotopic (exact) mass is 668 g/mol. The van der Waals surface area contributed by atoms with E-state index in [1.807, 2.05) is 0 Å². The van der Waals surface area contributed by atoms with E-state index in [0.717, 1.165) is 60.1 Å². The fourth-order valence-electron chi connectivity index (χ4n) is 8.79. The fourth-order valence-corrected chi connectivity index (χ4v) is 8.79. The average Bonchev–Trinajstić information content (AvgIpc) is 3.81. The molecule has 0 radical (unpaired) electrons. The highest BCUT2D eigenvalue weighted by molar-refractivity contribution is 6.14. The second-order valence-corrected chi connectivity index (χ2v) is 14.4. The minimum atomic E-state index is 0.356. The Hall–Kier alpha value is -6.26. The van der Waals surface area contributed by atoms with Crippen LogP contribution in [0.5, 0.6) is 0 Å². The highest BCUT2D eigenvalue weighted by Crippen LogP contribution is 2.41. The van der Waals surface area contributed by atoms with Crippen molar-refractivity contribution in [1.82, 2.24) is 18.9 Å². The third-order valence-electron chi connectivity index (χ3n) is 11.4. The maximum Gasteiger partial charge on any atom is 0.146 e. The van der Waals surface area contributed by atoms with Crippen LogP contribution in [0.2, 0.25) is 0 Å². The van der Waals surface area contributed by atoms with Crippen molar-refractivity contribution in [3.05, 3.63) is 180 Å². The number of fused-ring (bicyclic) bond motifs is 10. The van der Waals surface area contributed by atoms with Gasteiger partial charge in [0.25, 0.3) is 0 Å². The molecule has 7 aromatic rings. The predicted molar refractivity (Wildman–Crippen MR) is 217 cm³/mol. The van der Waals surface area contributed by atoms with Crippen LogP contribution in [0, 0.1) is 5.92 Å². The number of benzene rings is 4. The normalized spacial score (nSPS) is 18.7. The molecule has 11 rings (SSSR count). The first-order chi connectivity index (χ1) is 25.8. The van der Waals surface area contributed by atoms with Gasteiger partial charge in [-0.05, 0) is 113 Å². The summed E-state index contributed by atoms with van der Waals surface area (Å²) < 4.78 is 4.68. The molecular formula is C48H36N4. The van der Waals surface area contributed by atoms with Crippen molar-refractivity contribution in [2.75, 3.05) is 0 Å². The number of rotatable bonds is 4. The molecule has 0 fully saturated rings. The lowest BCUT2D eigenvalue weighted by Crippen LogP contribution is -2.12. The smallest absolute Gasteiger partial charge is 0.146 e. The third kappa shape index (κ3) is 4.60. The number of aromatic nitrogens is 4. The Morgan fingerprint density at radius 1 is 0.615 bits per heavy atom. The zero-order valence-corrected chi connectivity index (χ0v) is 28.8. The SMILES string of the molecule is C1=CC(n2c(C3=CC=C4C=C(C5=CC=C(c6ccc7c(c6)c6ccccc6n6c8ccccc8nc76)CC5)C=CC4C3)nc3ccccc32)=CCC1. The molecule has 0 amide bonds. The van der Waals surface area contributed by atoms with Crippen molar-refractivity contribution >= 4 is 66.2 Å². The number of nitrogens with zero attached hydrogens (tertiary/aromatic N) is 4. The molecule has 4 aliphatic rings. The first-order valence-corrected chi connectivity index (χ1v) is 18.5. The van der Waals surface area contributed by atoms with E-state index in [4.69, 9.17) is 9.97 Å². The van der Waals surface area contributed by atoms with Crippen molar-refractivity contribution < 1.29 is 0 Å². The predicted octanol–water partition coefficient (Wildman–Crippen LogP) is 12.0. The summed E-state index contributed by atoms with van der Waals surface area (Å²) in [6.07, 6.45) is 28.5. The highest BCUT2D eigenvalue weighted by atomic mass is 15.1. The number of hydrogen-bond donors (Lipinski definition) is 0. The summed E-state index contributed by atoms with van der Waals surface area (Å²) in [6, 6.07) is 32.6. The van der Waals surface area contributed by atoms with E-state index in [1.165, 1.54) is 66.3 Å². The van der Waals surface area contributed by atoms with Crippen LogP contribution < -0.4 is 0 Å². The van der Waals surface area contributed by atoms with Crippen molar-refractivity contribution in [3.8, 4) is 0 Å². The van der Waals surface area contributed by atoms with Gasteiger partial charge < -0.3 is 0 Å². The molecule has 52 heavy (non-hydrogen) atoms. The van der Waals surface area contributed by atoms with Crippen LogP contribution in [0.1, 0.15) is 43.5 Å². The summed E-state index contributed by atoms with van der Waals surface area (Å²) in [5.41, 5.74) is 15.9. The molecule has 0 N–H and O–H groups in total. The number of pyridine rings is 1. The second kappa shape index (κ2) is 11.6. The molecule has 4 aliphatic carbocycles. The molecule has 1 atom stereocenters. The summed E-state index contributed by atoms with van der Waals surface area (Å²) in [7, 11) is 0. The summed E-state index contributed by atoms with van der Waals surface area (Å²) in [4.78, 5) is 10.2. The van der Waals surface area contributed by atoms with Gasteiger partial charge in [-0.3, -0.25) is 8.97 Å². The molecule has 3 heterocycles. The Morgan fingerprint density at radius 2 is 1.38 bits per heavy atom. The molecule has 1 unspecified atom stereocenters. The molecule has 4 nitrogen and oxygen atoms in total. The van der Waals surface area contributed by atoms with Crippen LogP contribution >= 0.6 is 0 Å². The minimum absolute atomic E-state index is 0.356. The Bertz CT molecular complexity index is 2930. The van der Waals surface area contributed by atoms with Crippen molar-refractivity contribution in [2.45, 2.75) is 32.1 Å². The highest BCUT2D eigenvalue weighted by Gasteiger charge is 2.25. The molecule has 4 aromatic carbocycles. The number of allylic oxidation sites excluding steroid dienone is 16. The molecule has 0 saturated heterocycles. The number of hydrogen-bond acceptors (Lipinski definition) is 2. The Balaban J connectivity index is 0.921. The van der Waals surface area contributed by atoms with Crippen LogP contribution in [0.4, 0.5) is 0 Å². The summed E-state index contributed by atoms with van der Waals surface area (Å²) in [6.45, 7) is 0. The van der Waals surface area contributed by atoms with Gasteiger partial charge in [-0.25, -0.2) is 9.97 Å². The van der Waals surface area contributed by atoms with E-state index in [1.54, 1.807) is 0 Å². The van der Waals surface area contributed by atoms with Crippen molar-refractivity contribution in [1.29, 1.82) is 0 Å². The van der Waals surface area contributed by atoms with Crippen LogP contribution in [0.15, 0.2) is 168 Å². The van der Waals surface area contributed by atoms with E-state index in [-0.39, 0.29) is 0 Å². The van der Waals surface area contributed by atoms with Crippen LogP contribution in [0.3, 0.4) is 0 Å². The zero-order chi connectivity index (χ0) is 34.2. The standard InChI is InChI=1S/C48H36N4/c1-2-10-38(11-3-1)51-45-16-8-5-13-42(45)49-47(51)37-25-24-34-28-33(22-23-35(34)29-37)31-18-20-32(21-19-31)36-26-27-40-41(30-36)39-12-4-7-15-44(39)52-46-17-9-6-14-43(46)50-48(40)52/h2,4-18,20,22-28,30,35H,1,3,19,21,29H2. The van der Waals surface area contributed by atoms with Gasteiger partial charge in [0.15, 0.2) is 0 Å². The number of para-hydroxylation sites is 5. The Morgan fingerprint density at radius 3 is 2.23 bits per heavy atom. The van der Waals surface area contributed by atoms with Gasteiger partial charge in [-0.15, -0.1) is 0 Å². The van der Waals surface area contributed by atoms with Crippen molar-refractivity contribution in [2.24, 2.45) is 5.92 Å². The summed E-state index contributed by atoms with van der Waals surface area (Å²) in [5.74, 6) is 1.42. The van der Waals surface area contributed by atoms with Gasteiger partial charge in [0, 0.05) is 22.4 Å². The van der Waals surface area contributed by atoms with Crippen LogP contribution in [0.25, 0.3) is 66.2 Å². The first-order valence-electron chi connectivity index (χ1n) is 18.5. The lowest BCUT2D eigenvalue weighted by Gasteiger charge is -2.26. The van der Waals surface area contributed by atoms with E-state index in [9.17, 15) is 0 Å². The topological polar surface area (TPSA) is 35.1 Å². The molecule has 0 bridgehead atoms.